The average molecular weight is 334 g/mol. The number of aromatic nitrogens is 1. The van der Waals surface area contributed by atoms with Crippen LogP contribution in [0.15, 0.2) is 53.9 Å². The summed E-state index contributed by atoms with van der Waals surface area (Å²) in [5.41, 5.74) is 4.62. The van der Waals surface area contributed by atoms with E-state index in [1.54, 1.807) is 11.3 Å². The molecule has 1 heterocycles. The second-order valence-corrected chi connectivity index (χ2v) is 7.08. The van der Waals surface area contributed by atoms with Crippen molar-refractivity contribution in [3.05, 3.63) is 70.0 Å². The van der Waals surface area contributed by atoms with Crippen LogP contribution in [0.4, 0.5) is 5.69 Å². The van der Waals surface area contributed by atoms with Gasteiger partial charge in [0.05, 0.1) is 10.7 Å². The largest absolute Gasteiger partial charge is 0.322 e. The molecule has 1 N–H and O–H groups in total. The predicted octanol–water partition coefficient (Wildman–Crippen LogP) is 5.25. The second kappa shape index (κ2) is 6.21. The van der Waals surface area contributed by atoms with Gasteiger partial charge in [0.1, 0.15) is 0 Å². The van der Waals surface area contributed by atoms with E-state index in [9.17, 15) is 4.79 Å². The lowest BCUT2D eigenvalue weighted by Gasteiger charge is -2.08. The molecule has 0 radical (unpaired) electrons. The third-order valence-electron chi connectivity index (χ3n) is 4.28. The van der Waals surface area contributed by atoms with E-state index >= 15 is 0 Å². The Morgan fingerprint density at radius 3 is 2.58 bits per heavy atom. The number of amides is 1. The molecule has 1 amide bonds. The van der Waals surface area contributed by atoms with Crippen molar-refractivity contribution < 1.29 is 4.79 Å². The fourth-order valence-electron chi connectivity index (χ4n) is 2.64. The quantitative estimate of drug-likeness (QED) is 0.708. The number of rotatable bonds is 4. The second-order valence-electron chi connectivity index (χ2n) is 6.19. The molecule has 1 aliphatic rings. The van der Waals surface area contributed by atoms with Crippen LogP contribution in [-0.4, -0.2) is 10.9 Å². The van der Waals surface area contributed by atoms with Gasteiger partial charge >= 0.3 is 0 Å². The van der Waals surface area contributed by atoms with Crippen molar-refractivity contribution in [3.63, 3.8) is 0 Å². The fourth-order valence-corrected chi connectivity index (χ4v) is 3.64. The summed E-state index contributed by atoms with van der Waals surface area (Å²) in [7, 11) is 0. The van der Waals surface area contributed by atoms with Gasteiger partial charge in [-0.05, 0) is 43.5 Å². The van der Waals surface area contributed by atoms with Crippen molar-refractivity contribution in [2.24, 2.45) is 0 Å². The Kier molecular flexibility index (Phi) is 3.90. The van der Waals surface area contributed by atoms with Gasteiger partial charge in [0.2, 0.25) is 0 Å². The van der Waals surface area contributed by atoms with Crippen LogP contribution >= 0.6 is 11.3 Å². The Morgan fingerprint density at radius 2 is 1.88 bits per heavy atom. The zero-order chi connectivity index (χ0) is 16.5. The molecule has 3 aromatic rings. The number of hydrogen-bond acceptors (Lipinski definition) is 3. The predicted molar refractivity (Wildman–Crippen MR) is 98.7 cm³/mol. The molecule has 1 fully saturated rings. The van der Waals surface area contributed by atoms with Gasteiger partial charge in [0.15, 0.2) is 0 Å². The Hall–Kier alpha value is -2.46. The van der Waals surface area contributed by atoms with Gasteiger partial charge in [0, 0.05) is 28.1 Å². The van der Waals surface area contributed by atoms with Gasteiger partial charge in [-0.1, -0.05) is 30.3 Å². The molecule has 24 heavy (non-hydrogen) atoms. The Balaban J connectivity index is 1.50. The lowest BCUT2D eigenvalue weighted by atomic mass is 10.1. The van der Waals surface area contributed by atoms with E-state index in [1.807, 2.05) is 55.5 Å². The number of nitrogens with zero attached hydrogens (tertiary/aromatic N) is 1. The van der Waals surface area contributed by atoms with Gasteiger partial charge in [0.25, 0.3) is 5.91 Å². The molecule has 120 valence electrons. The van der Waals surface area contributed by atoms with Gasteiger partial charge in [-0.3, -0.25) is 4.79 Å². The molecule has 0 aliphatic heterocycles. The zero-order valence-corrected chi connectivity index (χ0v) is 14.3. The van der Waals surface area contributed by atoms with Crippen LogP contribution in [0.1, 0.15) is 39.7 Å². The number of hydrogen-bond donors (Lipinski definition) is 1. The van der Waals surface area contributed by atoms with Crippen molar-refractivity contribution in [1.29, 1.82) is 0 Å². The van der Waals surface area contributed by atoms with E-state index in [4.69, 9.17) is 4.98 Å². The number of carbonyl (C=O) groups is 1. The number of para-hydroxylation sites is 1. The molecule has 4 heteroatoms. The van der Waals surface area contributed by atoms with Crippen molar-refractivity contribution in [1.82, 2.24) is 4.98 Å². The lowest BCUT2D eigenvalue weighted by molar-refractivity contribution is 0.102. The standard InChI is InChI=1S/C20H18N2OS/c1-13-4-2-3-5-17(13)21-19(23)15-8-6-14(7-9-15)18-12-24-20(22-18)16-10-11-16/h2-9,12,16H,10-11H2,1H3,(H,21,23). The highest BCUT2D eigenvalue weighted by Crippen LogP contribution is 2.42. The average Bonchev–Trinajstić information content (AvgIpc) is 3.34. The molecule has 0 atom stereocenters. The van der Waals surface area contributed by atoms with Crippen LogP contribution in [-0.2, 0) is 0 Å². The summed E-state index contributed by atoms with van der Waals surface area (Å²) in [6.07, 6.45) is 2.54. The third kappa shape index (κ3) is 3.10. The van der Waals surface area contributed by atoms with Crippen molar-refractivity contribution in [2.45, 2.75) is 25.7 Å². The number of benzene rings is 2. The monoisotopic (exact) mass is 334 g/mol. The molecule has 3 nitrogen and oxygen atoms in total. The topological polar surface area (TPSA) is 42.0 Å². The van der Waals surface area contributed by atoms with E-state index in [0.717, 1.165) is 22.5 Å². The first kappa shape index (κ1) is 15.1. The first-order valence-electron chi connectivity index (χ1n) is 8.13. The summed E-state index contributed by atoms with van der Waals surface area (Å²) >= 11 is 1.74. The zero-order valence-electron chi connectivity index (χ0n) is 13.5. The number of anilines is 1. The maximum atomic E-state index is 12.4. The molecular weight excluding hydrogens is 316 g/mol. The number of nitrogens with one attached hydrogen (secondary N) is 1. The highest BCUT2D eigenvalue weighted by Gasteiger charge is 2.26. The van der Waals surface area contributed by atoms with E-state index in [0.29, 0.717) is 11.5 Å². The molecule has 2 aromatic carbocycles. The van der Waals surface area contributed by atoms with E-state index in [2.05, 4.69) is 10.7 Å². The van der Waals surface area contributed by atoms with Gasteiger partial charge in [-0.15, -0.1) is 11.3 Å². The SMILES string of the molecule is Cc1ccccc1NC(=O)c1ccc(-c2csc(C3CC3)n2)cc1. The molecule has 4 rings (SSSR count). The van der Waals surface area contributed by atoms with Crippen molar-refractivity contribution >= 4 is 22.9 Å². The molecule has 0 spiro atoms. The van der Waals surface area contributed by atoms with Crippen LogP contribution < -0.4 is 5.32 Å². The minimum Gasteiger partial charge on any atom is -0.322 e. The Labute approximate surface area is 145 Å². The molecule has 1 aromatic heterocycles. The smallest absolute Gasteiger partial charge is 0.255 e. The Bertz CT molecular complexity index is 879. The van der Waals surface area contributed by atoms with Gasteiger partial charge in [-0.25, -0.2) is 4.98 Å². The molecular formula is C20H18N2OS. The summed E-state index contributed by atoms with van der Waals surface area (Å²) < 4.78 is 0. The first-order chi connectivity index (χ1) is 11.7. The van der Waals surface area contributed by atoms with E-state index in [-0.39, 0.29) is 5.91 Å². The highest BCUT2D eigenvalue weighted by atomic mass is 32.1. The maximum Gasteiger partial charge on any atom is 0.255 e. The van der Waals surface area contributed by atoms with E-state index < -0.39 is 0 Å². The number of thiazole rings is 1. The van der Waals surface area contributed by atoms with Crippen LogP contribution in [0, 0.1) is 6.92 Å². The first-order valence-corrected chi connectivity index (χ1v) is 9.01. The molecule has 1 saturated carbocycles. The van der Waals surface area contributed by atoms with Gasteiger partial charge < -0.3 is 5.32 Å². The molecule has 0 unspecified atom stereocenters. The van der Waals surface area contributed by atoms with Crippen LogP contribution in [0.5, 0.6) is 0 Å². The molecule has 1 aliphatic carbocycles. The molecule has 0 saturated heterocycles. The summed E-state index contributed by atoms with van der Waals surface area (Å²) in [4.78, 5) is 17.1. The van der Waals surface area contributed by atoms with Crippen LogP contribution in [0.25, 0.3) is 11.3 Å². The highest BCUT2D eigenvalue weighted by molar-refractivity contribution is 7.10. The van der Waals surface area contributed by atoms with Gasteiger partial charge in [-0.2, -0.15) is 0 Å². The summed E-state index contributed by atoms with van der Waals surface area (Å²) in [5.74, 6) is 0.593. The lowest BCUT2D eigenvalue weighted by Crippen LogP contribution is -2.12. The van der Waals surface area contributed by atoms with E-state index in [1.165, 1.54) is 17.8 Å². The summed E-state index contributed by atoms with van der Waals surface area (Å²) in [6, 6.07) is 15.4. The minimum atomic E-state index is -0.0900. The fraction of sp³-hybridized carbons (Fsp3) is 0.200. The van der Waals surface area contributed by atoms with Crippen molar-refractivity contribution in [2.75, 3.05) is 5.32 Å². The van der Waals surface area contributed by atoms with Crippen molar-refractivity contribution in [3.8, 4) is 11.3 Å². The maximum absolute atomic E-state index is 12.4. The third-order valence-corrected chi connectivity index (χ3v) is 5.29. The summed E-state index contributed by atoms with van der Waals surface area (Å²) in [6.45, 7) is 1.98. The normalized spacial score (nSPS) is 13.7. The Morgan fingerprint density at radius 1 is 1.12 bits per heavy atom. The van der Waals surface area contributed by atoms with Crippen LogP contribution in [0.2, 0.25) is 0 Å². The van der Waals surface area contributed by atoms with Crippen LogP contribution in [0.3, 0.4) is 0 Å². The minimum absolute atomic E-state index is 0.0900. The number of carbonyl (C=O) groups excluding carboxylic acids is 1. The molecule has 0 bridgehead atoms. The number of aryl methyl sites for hydroxylation is 1. The summed E-state index contributed by atoms with van der Waals surface area (Å²) in [5, 5.41) is 6.31.